The van der Waals surface area contributed by atoms with Gasteiger partial charge in [0.25, 0.3) is 5.91 Å². The molecule has 1 amide bonds. The minimum atomic E-state index is -0.753. The van der Waals surface area contributed by atoms with Crippen molar-refractivity contribution in [3.8, 4) is 11.3 Å². The number of amides is 1. The van der Waals surface area contributed by atoms with Crippen molar-refractivity contribution >= 4 is 29.0 Å². The van der Waals surface area contributed by atoms with Crippen LogP contribution in [0.4, 0.5) is 0 Å². The lowest BCUT2D eigenvalue weighted by molar-refractivity contribution is -0.0221. The lowest BCUT2D eigenvalue weighted by Gasteiger charge is -2.45. The van der Waals surface area contributed by atoms with Crippen molar-refractivity contribution in [2.75, 3.05) is 12.3 Å². The fraction of sp³-hybridized carbons (Fsp3) is 0.412. The molecule has 1 aliphatic rings. The van der Waals surface area contributed by atoms with Gasteiger partial charge in [-0.05, 0) is 30.7 Å². The molecule has 122 valence electrons. The molecule has 1 aromatic heterocycles. The normalized spacial score (nSPS) is 23.3. The van der Waals surface area contributed by atoms with E-state index in [2.05, 4.69) is 17.2 Å². The molecule has 2 aromatic rings. The lowest BCUT2D eigenvalue weighted by atomic mass is 9.79. The summed E-state index contributed by atoms with van der Waals surface area (Å²) in [4.78, 5) is 16.5. The van der Waals surface area contributed by atoms with E-state index in [0.717, 1.165) is 29.9 Å². The first-order valence-electron chi connectivity index (χ1n) is 7.73. The van der Waals surface area contributed by atoms with E-state index in [1.807, 2.05) is 17.5 Å². The zero-order valence-electron chi connectivity index (χ0n) is 13.0. The number of benzene rings is 1. The van der Waals surface area contributed by atoms with Crippen LogP contribution in [0.5, 0.6) is 0 Å². The standard InChI is InChI=1S/C17H20N2O2S2/c1-2-23-15-7-8-17(15,21)10-18-16(20)13-5-3-12(4-6-13)14-9-22-11-19-14/h3-6,9,11,15,21H,2,7-8,10H2,1H3,(H,18,20)/t15-,17+/m0/s1. The molecular formula is C17H20N2O2S2. The molecule has 1 heterocycles. The predicted molar refractivity (Wildman–Crippen MR) is 96.0 cm³/mol. The highest BCUT2D eigenvalue weighted by molar-refractivity contribution is 8.00. The Morgan fingerprint density at radius 2 is 2.26 bits per heavy atom. The van der Waals surface area contributed by atoms with Gasteiger partial charge in [0.2, 0.25) is 0 Å². The zero-order chi connectivity index (χ0) is 16.3. The van der Waals surface area contributed by atoms with Crippen LogP contribution in [-0.4, -0.2) is 39.1 Å². The minimum Gasteiger partial charge on any atom is -0.387 e. The number of nitrogens with zero attached hydrogens (tertiary/aromatic N) is 1. The second kappa shape index (κ2) is 7.03. The van der Waals surface area contributed by atoms with E-state index < -0.39 is 5.60 Å². The highest BCUT2D eigenvalue weighted by atomic mass is 32.2. The van der Waals surface area contributed by atoms with E-state index in [-0.39, 0.29) is 11.2 Å². The maximum atomic E-state index is 12.3. The van der Waals surface area contributed by atoms with Crippen LogP contribution in [0.25, 0.3) is 11.3 Å². The predicted octanol–water partition coefficient (Wildman–Crippen LogP) is 3.19. The molecule has 4 nitrogen and oxygen atoms in total. The van der Waals surface area contributed by atoms with E-state index >= 15 is 0 Å². The fourth-order valence-corrected chi connectivity index (χ4v) is 4.48. The second-order valence-electron chi connectivity index (χ2n) is 5.72. The third kappa shape index (κ3) is 3.59. The molecule has 1 aromatic carbocycles. The summed E-state index contributed by atoms with van der Waals surface area (Å²) in [7, 11) is 0. The van der Waals surface area contributed by atoms with Crippen molar-refractivity contribution in [3.05, 3.63) is 40.7 Å². The number of thiazole rings is 1. The van der Waals surface area contributed by atoms with Crippen molar-refractivity contribution in [3.63, 3.8) is 0 Å². The Labute approximate surface area is 144 Å². The Bertz CT molecular complexity index is 658. The van der Waals surface area contributed by atoms with Crippen molar-refractivity contribution in [1.29, 1.82) is 0 Å². The number of carbonyl (C=O) groups excluding carboxylic acids is 1. The summed E-state index contributed by atoms with van der Waals surface area (Å²) in [6.45, 7) is 2.41. The first kappa shape index (κ1) is 16.5. The smallest absolute Gasteiger partial charge is 0.251 e. The Morgan fingerprint density at radius 3 is 2.83 bits per heavy atom. The van der Waals surface area contributed by atoms with Gasteiger partial charge in [-0.1, -0.05) is 19.1 Å². The molecule has 0 unspecified atom stereocenters. The van der Waals surface area contributed by atoms with Crippen molar-refractivity contribution in [2.24, 2.45) is 0 Å². The molecule has 0 spiro atoms. The molecule has 0 saturated heterocycles. The number of nitrogens with one attached hydrogen (secondary N) is 1. The van der Waals surface area contributed by atoms with Gasteiger partial charge >= 0.3 is 0 Å². The topological polar surface area (TPSA) is 62.2 Å². The summed E-state index contributed by atoms with van der Waals surface area (Å²) in [6, 6.07) is 7.40. The molecule has 0 aliphatic heterocycles. The number of rotatable bonds is 6. The van der Waals surface area contributed by atoms with Gasteiger partial charge < -0.3 is 10.4 Å². The van der Waals surface area contributed by atoms with Crippen molar-refractivity contribution < 1.29 is 9.90 Å². The quantitative estimate of drug-likeness (QED) is 0.842. The average Bonchev–Trinajstić information content (AvgIpc) is 3.11. The Morgan fingerprint density at radius 1 is 1.48 bits per heavy atom. The highest BCUT2D eigenvalue weighted by Crippen LogP contribution is 2.40. The Kier molecular flexibility index (Phi) is 5.04. The molecule has 2 N–H and O–H groups in total. The summed E-state index contributed by atoms with van der Waals surface area (Å²) < 4.78 is 0. The van der Waals surface area contributed by atoms with Gasteiger partial charge in [-0.15, -0.1) is 11.3 Å². The highest BCUT2D eigenvalue weighted by Gasteiger charge is 2.45. The van der Waals surface area contributed by atoms with Crippen LogP contribution in [0.2, 0.25) is 0 Å². The van der Waals surface area contributed by atoms with Crippen LogP contribution in [0.15, 0.2) is 35.2 Å². The summed E-state index contributed by atoms with van der Waals surface area (Å²) in [5.74, 6) is 0.842. The maximum absolute atomic E-state index is 12.3. The van der Waals surface area contributed by atoms with Crippen LogP contribution in [0.3, 0.4) is 0 Å². The van der Waals surface area contributed by atoms with Crippen LogP contribution in [0.1, 0.15) is 30.1 Å². The molecule has 23 heavy (non-hydrogen) atoms. The number of hydrogen-bond donors (Lipinski definition) is 2. The van der Waals surface area contributed by atoms with Gasteiger partial charge in [0.15, 0.2) is 0 Å². The van der Waals surface area contributed by atoms with Crippen LogP contribution < -0.4 is 5.32 Å². The van der Waals surface area contributed by atoms with E-state index in [4.69, 9.17) is 0 Å². The van der Waals surface area contributed by atoms with Crippen molar-refractivity contribution in [1.82, 2.24) is 10.3 Å². The van der Waals surface area contributed by atoms with Crippen LogP contribution in [0, 0.1) is 0 Å². The molecule has 2 atom stereocenters. The number of aliphatic hydroxyl groups is 1. The summed E-state index contributed by atoms with van der Waals surface area (Å²) in [5.41, 5.74) is 3.56. The summed E-state index contributed by atoms with van der Waals surface area (Å²) in [5, 5.41) is 15.6. The van der Waals surface area contributed by atoms with Gasteiger partial charge in [0, 0.05) is 28.3 Å². The van der Waals surface area contributed by atoms with Gasteiger partial charge in [0.1, 0.15) is 0 Å². The Hall–Kier alpha value is -1.37. The number of aromatic nitrogens is 1. The molecule has 0 radical (unpaired) electrons. The first-order chi connectivity index (χ1) is 11.1. The van der Waals surface area contributed by atoms with E-state index in [1.165, 1.54) is 0 Å². The van der Waals surface area contributed by atoms with Crippen LogP contribution in [-0.2, 0) is 0 Å². The molecule has 0 bridgehead atoms. The Balaban J connectivity index is 1.58. The number of carbonyl (C=O) groups is 1. The fourth-order valence-electron chi connectivity index (χ4n) is 2.72. The van der Waals surface area contributed by atoms with E-state index in [0.29, 0.717) is 12.1 Å². The van der Waals surface area contributed by atoms with Gasteiger partial charge in [-0.25, -0.2) is 4.98 Å². The average molecular weight is 348 g/mol. The van der Waals surface area contributed by atoms with E-state index in [9.17, 15) is 9.90 Å². The third-order valence-corrected chi connectivity index (χ3v) is 6.23. The third-order valence-electron chi connectivity index (χ3n) is 4.24. The SMILES string of the molecule is CCS[C@H]1CC[C@@]1(O)CNC(=O)c1ccc(-c2cscn2)cc1. The van der Waals surface area contributed by atoms with E-state index in [1.54, 1.807) is 40.7 Å². The van der Waals surface area contributed by atoms with Gasteiger partial charge in [-0.3, -0.25) is 4.79 Å². The second-order valence-corrected chi connectivity index (χ2v) is 7.92. The van der Waals surface area contributed by atoms with Gasteiger partial charge in [-0.2, -0.15) is 11.8 Å². The molecule has 6 heteroatoms. The number of thioether (sulfide) groups is 1. The lowest BCUT2D eigenvalue weighted by Crippen LogP contribution is -2.57. The molecule has 3 rings (SSSR count). The molecule has 1 saturated carbocycles. The van der Waals surface area contributed by atoms with Crippen LogP contribution >= 0.6 is 23.1 Å². The monoisotopic (exact) mass is 348 g/mol. The molecule has 1 fully saturated rings. The summed E-state index contributed by atoms with van der Waals surface area (Å²) >= 11 is 3.31. The van der Waals surface area contributed by atoms with Gasteiger partial charge in [0.05, 0.1) is 16.8 Å². The molecule has 1 aliphatic carbocycles. The zero-order valence-corrected chi connectivity index (χ0v) is 14.6. The number of hydrogen-bond acceptors (Lipinski definition) is 5. The molecular weight excluding hydrogens is 328 g/mol. The largest absolute Gasteiger partial charge is 0.387 e. The first-order valence-corrected chi connectivity index (χ1v) is 9.72. The summed E-state index contributed by atoms with van der Waals surface area (Å²) in [6.07, 6.45) is 1.78. The van der Waals surface area contributed by atoms with Crippen molar-refractivity contribution in [2.45, 2.75) is 30.6 Å². The minimum absolute atomic E-state index is 0.143. The maximum Gasteiger partial charge on any atom is 0.251 e.